The standard InChI is InChI=1S/C4H12IN3/c1-4(6)3-8(5)7-2/h4,7H,3,6H2,1-2H3. The summed E-state index contributed by atoms with van der Waals surface area (Å²) in [7, 11) is 1.87. The highest BCUT2D eigenvalue weighted by Gasteiger charge is 1.97. The average molecular weight is 229 g/mol. The maximum atomic E-state index is 5.48. The first-order valence-electron chi connectivity index (χ1n) is 2.53. The van der Waals surface area contributed by atoms with Gasteiger partial charge < -0.3 is 5.73 Å². The maximum Gasteiger partial charge on any atom is 0.0385 e. The molecule has 0 rings (SSSR count). The van der Waals surface area contributed by atoms with Crippen LogP contribution in [0.15, 0.2) is 0 Å². The van der Waals surface area contributed by atoms with Crippen molar-refractivity contribution in [3.8, 4) is 0 Å². The predicted molar refractivity (Wildman–Crippen MR) is 43.4 cm³/mol. The van der Waals surface area contributed by atoms with Crippen molar-refractivity contribution in [2.75, 3.05) is 13.6 Å². The molecule has 0 fully saturated rings. The van der Waals surface area contributed by atoms with Gasteiger partial charge in [-0.2, -0.15) is 3.22 Å². The van der Waals surface area contributed by atoms with Crippen molar-refractivity contribution in [3.05, 3.63) is 0 Å². The highest BCUT2D eigenvalue weighted by molar-refractivity contribution is 14.1. The van der Waals surface area contributed by atoms with Crippen LogP contribution in [0.4, 0.5) is 0 Å². The van der Waals surface area contributed by atoms with E-state index in [2.05, 4.69) is 28.3 Å². The molecule has 0 aliphatic heterocycles. The number of halogens is 1. The van der Waals surface area contributed by atoms with Gasteiger partial charge in [0.15, 0.2) is 0 Å². The molecule has 1 unspecified atom stereocenters. The molecule has 0 heterocycles. The zero-order valence-electron chi connectivity index (χ0n) is 5.19. The van der Waals surface area contributed by atoms with E-state index in [-0.39, 0.29) is 6.04 Å². The molecule has 0 bridgehead atoms. The van der Waals surface area contributed by atoms with Crippen molar-refractivity contribution in [1.29, 1.82) is 0 Å². The molecular weight excluding hydrogens is 217 g/mol. The number of hydrogen-bond donors (Lipinski definition) is 2. The molecular formula is C4H12IN3. The summed E-state index contributed by atoms with van der Waals surface area (Å²) in [6.45, 7) is 2.85. The van der Waals surface area contributed by atoms with Crippen molar-refractivity contribution in [3.63, 3.8) is 0 Å². The fourth-order valence-electron chi connectivity index (χ4n) is 0.344. The summed E-state index contributed by atoms with van der Waals surface area (Å²) in [6.07, 6.45) is 0. The Morgan fingerprint density at radius 3 is 2.50 bits per heavy atom. The van der Waals surface area contributed by atoms with Crippen LogP contribution in [0.1, 0.15) is 6.92 Å². The summed E-state index contributed by atoms with van der Waals surface area (Å²) < 4.78 is 1.92. The van der Waals surface area contributed by atoms with Crippen LogP contribution in [0.25, 0.3) is 0 Å². The van der Waals surface area contributed by atoms with Crippen LogP contribution in [0.3, 0.4) is 0 Å². The molecule has 0 aromatic carbocycles. The van der Waals surface area contributed by atoms with E-state index < -0.39 is 0 Å². The molecule has 0 aliphatic rings. The Morgan fingerprint density at radius 1 is 1.88 bits per heavy atom. The first-order valence-corrected chi connectivity index (χ1v) is 3.49. The topological polar surface area (TPSA) is 41.3 Å². The Labute approximate surface area is 64.1 Å². The van der Waals surface area contributed by atoms with Crippen molar-refractivity contribution in [2.24, 2.45) is 5.73 Å². The van der Waals surface area contributed by atoms with E-state index in [1.807, 2.05) is 17.2 Å². The van der Waals surface area contributed by atoms with E-state index >= 15 is 0 Å². The third kappa shape index (κ3) is 4.76. The van der Waals surface area contributed by atoms with Crippen LogP contribution in [-0.2, 0) is 0 Å². The molecule has 0 aromatic rings. The molecule has 0 radical (unpaired) electrons. The molecule has 0 aliphatic carbocycles. The molecule has 8 heavy (non-hydrogen) atoms. The Morgan fingerprint density at radius 2 is 2.38 bits per heavy atom. The van der Waals surface area contributed by atoms with Gasteiger partial charge in [0.25, 0.3) is 0 Å². The first kappa shape index (κ1) is 8.61. The Kier molecular flexibility index (Phi) is 4.83. The molecule has 0 saturated carbocycles. The van der Waals surface area contributed by atoms with E-state index in [4.69, 9.17) is 5.73 Å². The summed E-state index contributed by atoms with van der Waals surface area (Å²) in [6, 6.07) is 0.236. The minimum absolute atomic E-state index is 0.236. The van der Waals surface area contributed by atoms with Gasteiger partial charge in [-0.15, -0.1) is 0 Å². The number of nitrogens with zero attached hydrogens (tertiary/aromatic N) is 1. The fourth-order valence-corrected chi connectivity index (χ4v) is 0.965. The van der Waals surface area contributed by atoms with Gasteiger partial charge in [-0.05, 0) is 14.0 Å². The Hall–Kier alpha value is 0.610. The first-order chi connectivity index (χ1) is 3.66. The van der Waals surface area contributed by atoms with Gasteiger partial charge in [0.1, 0.15) is 0 Å². The van der Waals surface area contributed by atoms with E-state index in [9.17, 15) is 0 Å². The number of nitrogens with one attached hydrogen (secondary N) is 1. The summed E-state index contributed by atoms with van der Waals surface area (Å²) in [4.78, 5) is 0. The summed E-state index contributed by atoms with van der Waals surface area (Å²) in [5, 5.41) is 0. The van der Waals surface area contributed by atoms with Crippen LogP contribution >= 0.6 is 22.9 Å². The minimum atomic E-state index is 0.236. The Bertz CT molecular complexity index is 57.2. The van der Waals surface area contributed by atoms with Gasteiger partial charge in [0.2, 0.25) is 0 Å². The van der Waals surface area contributed by atoms with Crippen molar-refractivity contribution >= 4 is 22.9 Å². The quantitative estimate of drug-likeness (QED) is 0.410. The van der Waals surface area contributed by atoms with E-state index in [0.717, 1.165) is 6.54 Å². The lowest BCUT2D eigenvalue weighted by Gasteiger charge is -2.13. The zero-order chi connectivity index (χ0) is 6.57. The lowest BCUT2D eigenvalue weighted by atomic mass is 10.4. The predicted octanol–water partition coefficient (Wildman–Crippen LogP) is 0.120. The number of nitrogens with two attached hydrogens (primary N) is 1. The van der Waals surface area contributed by atoms with Gasteiger partial charge in [-0.25, -0.2) is 5.43 Å². The summed E-state index contributed by atoms with van der Waals surface area (Å²) in [5.41, 5.74) is 8.42. The lowest BCUT2D eigenvalue weighted by molar-refractivity contribution is 0.399. The van der Waals surface area contributed by atoms with E-state index in [1.165, 1.54) is 0 Å². The molecule has 3 N–H and O–H groups in total. The summed E-state index contributed by atoms with van der Waals surface area (Å²) >= 11 is 2.16. The smallest absolute Gasteiger partial charge is 0.0385 e. The molecule has 0 aromatic heterocycles. The van der Waals surface area contributed by atoms with E-state index in [1.54, 1.807) is 0 Å². The van der Waals surface area contributed by atoms with Crippen LogP contribution < -0.4 is 11.2 Å². The molecule has 50 valence electrons. The molecule has 3 nitrogen and oxygen atoms in total. The molecule has 0 spiro atoms. The monoisotopic (exact) mass is 229 g/mol. The fraction of sp³-hybridized carbons (Fsp3) is 1.00. The van der Waals surface area contributed by atoms with Crippen LogP contribution in [0.5, 0.6) is 0 Å². The zero-order valence-corrected chi connectivity index (χ0v) is 7.34. The normalized spacial score (nSPS) is 14.6. The van der Waals surface area contributed by atoms with Crippen molar-refractivity contribution in [1.82, 2.24) is 8.65 Å². The van der Waals surface area contributed by atoms with Gasteiger partial charge in [-0.3, -0.25) is 0 Å². The highest BCUT2D eigenvalue weighted by Crippen LogP contribution is 1.91. The second-order valence-electron chi connectivity index (χ2n) is 1.75. The third-order valence-corrected chi connectivity index (χ3v) is 1.57. The number of hydrazine groups is 1. The van der Waals surface area contributed by atoms with Crippen molar-refractivity contribution < 1.29 is 0 Å². The molecule has 0 saturated heterocycles. The second-order valence-corrected chi connectivity index (χ2v) is 2.91. The maximum absolute atomic E-state index is 5.48. The van der Waals surface area contributed by atoms with Crippen LogP contribution in [0.2, 0.25) is 0 Å². The SMILES string of the molecule is CNN(I)CC(C)N. The average Bonchev–Trinajstić information content (AvgIpc) is 1.65. The van der Waals surface area contributed by atoms with Gasteiger partial charge >= 0.3 is 0 Å². The second kappa shape index (κ2) is 4.49. The van der Waals surface area contributed by atoms with E-state index in [0.29, 0.717) is 0 Å². The Balaban J connectivity index is 3.10. The van der Waals surface area contributed by atoms with Crippen LogP contribution in [-0.4, -0.2) is 22.9 Å². The largest absolute Gasteiger partial charge is 0.327 e. The summed E-state index contributed by atoms with van der Waals surface area (Å²) in [5.74, 6) is 0. The lowest BCUT2D eigenvalue weighted by Crippen LogP contribution is -2.35. The molecule has 1 atom stereocenters. The van der Waals surface area contributed by atoms with Gasteiger partial charge in [0, 0.05) is 35.5 Å². The number of hydrogen-bond acceptors (Lipinski definition) is 3. The van der Waals surface area contributed by atoms with Gasteiger partial charge in [-0.1, -0.05) is 0 Å². The molecule has 0 amide bonds. The molecule has 4 heteroatoms. The number of rotatable bonds is 3. The van der Waals surface area contributed by atoms with Gasteiger partial charge in [0.05, 0.1) is 0 Å². The third-order valence-electron chi connectivity index (χ3n) is 0.691. The van der Waals surface area contributed by atoms with Crippen LogP contribution in [0, 0.1) is 0 Å². The minimum Gasteiger partial charge on any atom is -0.327 e. The highest BCUT2D eigenvalue weighted by atomic mass is 127. The van der Waals surface area contributed by atoms with Crippen molar-refractivity contribution in [2.45, 2.75) is 13.0 Å².